The van der Waals surface area contributed by atoms with Crippen molar-refractivity contribution < 1.29 is 19.1 Å². The Morgan fingerprint density at radius 2 is 1.79 bits per heavy atom. The molecule has 0 atom stereocenters. The second-order valence-corrected chi connectivity index (χ2v) is 5.71. The molecular weight excluding hydrogens is 306 g/mol. The van der Waals surface area contributed by atoms with Gasteiger partial charge in [-0.15, -0.1) is 0 Å². The van der Waals surface area contributed by atoms with Crippen molar-refractivity contribution in [3.8, 4) is 11.5 Å². The van der Waals surface area contributed by atoms with Crippen LogP contribution in [-0.2, 0) is 4.79 Å². The number of para-hydroxylation sites is 2. The summed E-state index contributed by atoms with van der Waals surface area (Å²) in [4.78, 5) is 23.9. The maximum absolute atomic E-state index is 12.3. The summed E-state index contributed by atoms with van der Waals surface area (Å²) in [7, 11) is 1.56. The van der Waals surface area contributed by atoms with E-state index in [1.54, 1.807) is 43.5 Å². The van der Waals surface area contributed by atoms with E-state index in [1.807, 2.05) is 12.1 Å². The first-order chi connectivity index (χ1) is 11.7. The molecule has 1 fully saturated rings. The monoisotopic (exact) mass is 325 g/mol. The molecule has 0 aromatic heterocycles. The molecule has 0 saturated heterocycles. The highest BCUT2D eigenvalue weighted by Gasteiger charge is 2.29. The van der Waals surface area contributed by atoms with Crippen LogP contribution in [0.25, 0.3) is 0 Å². The second-order valence-electron chi connectivity index (χ2n) is 5.71. The van der Waals surface area contributed by atoms with E-state index in [-0.39, 0.29) is 24.2 Å². The molecule has 24 heavy (non-hydrogen) atoms. The standard InChI is InChI=1S/C19H19NO4/c1-23-18-5-3-2-4-16(18)20-19(22)14-8-10-15(11-9-14)24-12-17(21)13-6-7-13/h2-5,8-11,13H,6-7,12H2,1H3,(H,20,22). The summed E-state index contributed by atoms with van der Waals surface area (Å²) in [5, 5.41) is 2.81. The maximum atomic E-state index is 12.3. The van der Waals surface area contributed by atoms with E-state index < -0.39 is 0 Å². The van der Waals surface area contributed by atoms with Crippen molar-refractivity contribution in [1.82, 2.24) is 0 Å². The van der Waals surface area contributed by atoms with Crippen LogP contribution in [0.4, 0.5) is 5.69 Å². The van der Waals surface area contributed by atoms with Crippen molar-refractivity contribution >= 4 is 17.4 Å². The van der Waals surface area contributed by atoms with Gasteiger partial charge in [0, 0.05) is 11.5 Å². The zero-order valence-electron chi connectivity index (χ0n) is 13.5. The molecule has 1 amide bonds. The van der Waals surface area contributed by atoms with Gasteiger partial charge in [-0.3, -0.25) is 9.59 Å². The van der Waals surface area contributed by atoms with Crippen LogP contribution in [0.5, 0.6) is 11.5 Å². The first kappa shape index (κ1) is 16.1. The van der Waals surface area contributed by atoms with Gasteiger partial charge in [0.2, 0.25) is 0 Å². The molecule has 1 saturated carbocycles. The Labute approximate surface area is 140 Å². The van der Waals surface area contributed by atoms with Crippen molar-refractivity contribution in [3.63, 3.8) is 0 Å². The largest absolute Gasteiger partial charge is 0.495 e. The molecule has 0 heterocycles. The molecule has 1 N–H and O–H groups in total. The molecule has 0 bridgehead atoms. The highest BCUT2D eigenvalue weighted by atomic mass is 16.5. The number of ether oxygens (including phenoxy) is 2. The Morgan fingerprint density at radius 1 is 1.08 bits per heavy atom. The van der Waals surface area contributed by atoms with E-state index in [0.717, 1.165) is 12.8 Å². The zero-order chi connectivity index (χ0) is 16.9. The van der Waals surface area contributed by atoms with Crippen molar-refractivity contribution in [2.45, 2.75) is 12.8 Å². The second kappa shape index (κ2) is 7.17. The van der Waals surface area contributed by atoms with Gasteiger partial charge in [-0.1, -0.05) is 12.1 Å². The number of ketones is 1. The fourth-order valence-corrected chi connectivity index (χ4v) is 2.32. The third-order valence-electron chi connectivity index (χ3n) is 3.89. The summed E-state index contributed by atoms with van der Waals surface area (Å²) < 4.78 is 10.7. The molecule has 0 spiro atoms. The van der Waals surface area contributed by atoms with Crippen LogP contribution in [0, 0.1) is 5.92 Å². The van der Waals surface area contributed by atoms with Gasteiger partial charge in [-0.2, -0.15) is 0 Å². The third kappa shape index (κ3) is 3.93. The number of amides is 1. The number of rotatable bonds is 7. The molecule has 0 aliphatic heterocycles. The maximum Gasteiger partial charge on any atom is 0.255 e. The molecule has 5 heteroatoms. The smallest absolute Gasteiger partial charge is 0.255 e. The summed E-state index contributed by atoms with van der Waals surface area (Å²) >= 11 is 0. The molecule has 0 radical (unpaired) electrons. The molecule has 3 rings (SSSR count). The van der Waals surface area contributed by atoms with E-state index in [2.05, 4.69) is 5.32 Å². The lowest BCUT2D eigenvalue weighted by Crippen LogP contribution is -2.14. The van der Waals surface area contributed by atoms with Gasteiger partial charge in [0.25, 0.3) is 5.91 Å². The van der Waals surface area contributed by atoms with Gasteiger partial charge in [0.05, 0.1) is 12.8 Å². The number of hydrogen-bond acceptors (Lipinski definition) is 4. The van der Waals surface area contributed by atoms with Crippen LogP contribution < -0.4 is 14.8 Å². The lowest BCUT2D eigenvalue weighted by Gasteiger charge is -2.10. The Hall–Kier alpha value is -2.82. The van der Waals surface area contributed by atoms with Gasteiger partial charge < -0.3 is 14.8 Å². The van der Waals surface area contributed by atoms with E-state index in [9.17, 15) is 9.59 Å². The van der Waals surface area contributed by atoms with Crippen molar-refractivity contribution in [1.29, 1.82) is 0 Å². The summed E-state index contributed by atoms with van der Waals surface area (Å²) in [6.07, 6.45) is 1.95. The van der Waals surface area contributed by atoms with Gasteiger partial charge >= 0.3 is 0 Å². The van der Waals surface area contributed by atoms with Crippen LogP contribution in [0.15, 0.2) is 48.5 Å². The molecule has 1 aliphatic carbocycles. The first-order valence-electron chi connectivity index (χ1n) is 7.87. The third-order valence-corrected chi connectivity index (χ3v) is 3.89. The minimum Gasteiger partial charge on any atom is -0.495 e. The predicted octanol–water partition coefficient (Wildman–Crippen LogP) is 3.31. The van der Waals surface area contributed by atoms with Crippen LogP contribution in [0.3, 0.4) is 0 Å². The van der Waals surface area contributed by atoms with Gasteiger partial charge in [0.1, 0.15) is 18.1 Å². The van der Waals surface area contributed by atoms with Crippen molar-refractivity contribution in [2.24, 2.45) is 5.92 Å². The van der Waals surface area contributed by atoms with E-state index in [1.165, 1.54) is 0 Å². The van der Waals surface area contributed by atoms with E-state index >= 15 is 0 Å². The van der Waals surface area contributed by atoms with E-state index in [0.29, 0.717) is 22.7 Å². The number of nitrogens with one attached hydrogen (secondary N) is 1. The van der Waals surface area contributed by atoms with Crippen molar-refractivity contribution in [2.75, 3.05) is 19.0 Å². The minimum atomic E-state index is -0.236. The summed E-state index contributed by atoms with van der Waals surface area (Å²) in [5.41, 5.74) is 1.11. The number of hydrogen-bond donors (Lipinski definition) is 1. The average Bonchev–Trinajstić information content (AvgIpc) is 3.45. The van der Waals surface area contributed by atoms with E-state index in [4.69, 9.17) is 9.47 Å². The summed E-state index contributed by atoms with van der Waals surface area (Å²) in [6.45, 7) is 0.0947. The average molecular weight is 325 g/mol. The SMILES string of the molecule is COc1ccccc1NC(=O)c1ccc(OCC(=O)C2CC2)cc1. The molecule has 2 aromatic carbocycles. The Balaban J connectivity index is 1.60. The molecule has 1 aliphatic rings. The van der Waals surface area contributed by atoms with Crippen LogP contribution in [-0.4, -0.2) is 25.4 Å². The fraction of sp³-hybridized carbons (Fsp3) is 0.263. The lowest BCUT2D eigenvalue weighted by molar-refractivity contribution is -0.122. The highest BCUT2D eigenvalue weighted by molar-refractivity contribution is 6.05. The van der Waals surface area contributed by atoms with Crippen LogP contribution in [0.2, 0.25) is 0 Å². The molecule has 5 nitrogen and oxygen atoms in total. The number of carbonyl (C=O) groups excluding carboxylic acids is 2. The Kier molecular flexibility index (Phi) is 4.79. The van der Waals surface area contributed by atoms with Crippen LogP contribution in [0.1, 0.15) is 23.2 Å². The molecule has 2 aromatic rings. The van der Waals surface area contributed by atoms with Gasteiger partial charge in [-0.25, -0.2) is 0 Å². The summed E-state index contributed by atoms with van der Waals surface area (Å²) in [5.74, 6) is 1.28. The molecular formula is C19H19NO4. The van der Waals surface area contributed by atoms with Crippen LogP contribution >= 0.6 is 0 Å². The number of methoxy groups -OCH3 is 1. The molecule has 124 valence electrons. The Bertz CT molecular complexity index is 735. The lowest BCUT2D eigenvalue weighted by atomic mass is 10.2. The van der Waals surface area contributed by atoms with Crippen molar-refractivity contribution in [3.05, 3.63) is 54.1 Å². The predicted molar refractivity (Wildman–Crippen MR) is 90.6 cm³/mol. The Morgan fingerprint density at radius 3 is 2.46 bits per heavy atom. The number of benzene rings is 2. The van der Waals surface area contributed by atoms with Gasteiger partial charge in [0.15, 0.2) is 5.78 Å². The highest BCUT2D eigenvalue weighted by Crippen LogP contribution is 2.30. The normalized spacial score (nSPS) is 13.2. The summed E-state index contributed by atoms with van der Waals surface area (Å²) in [6, 6.07) is 13.9. The number of anilines is 1. The number of Topliss-reactive ketones (excluding diaryl/α,β-unsaturated/α-hetero) is 1. The fourth-order valence-electron chi connectivity index (χ4n) is 2.32. The van der Waals surface area contributed by atoms with Gasteiger partial charge in [-0.05, 0) is 49.2 Å². The zero-order valence-corrected chi connectivity index (χ0v) is 13.5. The first-order valence-corrected chi connectivity index (χ1v) is 7.87. The topological polar surface area (TPSA) is 64.6 Å². The quantitative estimate of drug-likeness (QED) is 0.848. The number of carbonyl (C=O) groups is 2. The molecule has 0 unspecified atom stereocenters. The minimum absolute atomic E-state index is 0.0947.